The van der Waals surface area contributed by atoms with E-state index >= 15 is 0 Å². The van der Waals surface area contributed by atoms with Crippen LogP contribution in [0.5, 0.6) is 0 Å². The van der Waals surface area contributed by atoms with Crippen LogP contribution in [-0.4, -0.2) is 51.7 Å². The molecule has 3 aromatic rings. The highest BCUT2D eigenvalue weighted by molar-refractivity contribution is 5.82. The average Bonchev–Trinajstić information content (AvgIpc) is 3.13. The normalized spacial score (nSPS) is 17.7. The van der Waals surface area contributed by atoms with Crippen LogP contribution in [0, 0.1) is 13.8 Å². The second-order valence-electron chi connectivity index (χ2n) is 8.06. The number of carbonyl (C=O) groups excluding carboxylic acids is 1. The third kappa shape index (κ3) is 3.96. The predicted octanol–water partition coefficient (Wildman–Crippen LogP) is 3.82. The molecule has 1 atom stereocenters. The number of aromatic nitrogens is 2. The summed E-state index contributed by atoms with van der Waals surface area (Å²) in [7, 11) is 1.88. The summed E-state index contributed by atoms with van der Waals surface area (Å²) in [5.74, 6) is 0.180. The van der Waals surface area contributed by atoms with Crippen LogP contribution in [0.2, 0.25) is 0 Å². The molecule has 0 saturated carbocycles. The van der Waals surface area contributed by atoms with Gasteiger partial charge in [0, 0.05) is 44.0 Å². The van der Waals surface area contributed by atoms with Gasteiger partial charge in [0.05, 0.1) is 17.4 Å². The molecule has 1 aliphatic heterocycles. The number of rotatable bonds is 4. The first-order valence-electron chi connectivity index (χ1n) is 10.1. The first-order valence-corrected chi connectivity index (χ1v) is 10.1. The predicted molar refractivity (Wildman–Crippen MR) is 116 cm³/mol. The molecule has 2 heterocycles. The van der Waals surface area contributed by atoms with Gasteiger partial charge in [-0.3, -0.25) is 9.69 Å². The zero-order valence-corrected chi connectivity index (χ0v) is 17.6. The van der Waals surface area contributed by atoms with Crippen molar-refractivity contribution >= 4 is 5.91 Å². The van der Waals surface area contributed by atoms with Gasteiger partial charge in [-0.2, -0.15) is 5.10 Å². The van der Waals surface area contributed by atoms with Crippen molar-refractivity contribution < 1.29 is 4.79 Å². The molecule has 2 aromatic carbocycles. The van der Waals surface area contributed by atoms with Crippen molar-refractivity contribution in [2.24, 2.45) is 0 Å². The van der Waals surface area contributed by atoms with Crippen LogP contribution in [0.15, 0.2) is 54.7 Å². The van der Waals surface area contributed by atoms with Crippen molar-refractivity contribution in [2.45, 2.75) is 33.4 Å². The number of hydrogen-bond donors (Lipinski definition) is 0. The van der Waals surface area contributed by atoms with Crippen molar-refractivity contribution in [3.8, 4) is 16.9 Å². The molecule has 1 amide bonds. The fourth-order valence-electron chi connectivity index (χ4n) is 3.88. The SMILES string of the molecule is Cc1ccc(-n2cc(CN3CCN(C)C(=O)[C@@H]3C)c(-c3cccc(C)c3)n2)cc1. The van der Waals surface area contributed by atoms with E-state index < -0.39 is 0 Å². The standard InChI is InChI=1S/C24H28N4O/c1-17-8-10-22(11-9-17)28-16-21(15-27-13-12-26(4)24(29)19(27)3)23(25-28)20-7-5-6-18(2)14-20/h5-11,14,16,19H,12-13,15H2,1-4H3/t19-/m0/s1. The molecule has 5 heteroatoms. The molecule has 0 aliphatic carbocycles. The number of piperazine rings is 1. The zero-order chi connectivity index (χ0) is 20.5. The molecule has 0 spiro atoms. The van der Waals surface area contributed by atoms with Crippen molar-refractivity contribution in [3.63, 3.8) is 0 Å². The Morgan fingerprint density at radius 3 is 2.52 bits per heavy atom. The Kier molecular flexibility index (Phi) is 5.24. The van der Waals surface area contributed by atoms with E-state index in [1.165, 1.54) is 11.1 Å². The van der Waals surface area contributed by atoms with Crippen molar-refractivity contribution in [1.82, 2.24) is 19.6 Å². The van der Waals surface area contributed by atoms with Gasteiger partial charge in [0.15, 0.2) is 0 Å². The smallest absolute Gasteiger partial charge is 0.239 e. The van der Waals surface area contributed by atoms with E-state index in [1.54, 1.807) is 0 Å². The largest absolute Gasteiger partial charge is 0.343 e. The average molecular weight is 389 g/mol. The lowest BCUT2D eigenvalue weighted by Gasteiger charge is -2.37. The van der Waals surface area contributed by atoms with Gasteiger partial charge in [-0.05, 0) is 39.0 Å². The summed E-state index contributed by atoms with van der Waals surface area (Å²) in [5, 5.41) is 4.94. The second kappa shape index (κ2) is 7.84. The highest BCUT2D eigenvalue weighted by atomic mass is 16.2. The maximum atomic E-state index is 12.4. The Hall–Kier alpha value is -2.92. The molecule has 1 aromatic heterocycles. The van der Waals surface area contributed by atoms with E-state index in [9.17, 15) is 4.79 Å². The minimum Gasteiger partial charge on any atom is -0.343 e. The summed E-state index contributed by atoms with van der Waals surface area (Å²) in [6, 6.07) is 16.7. The van der Waals surface area contributed by atoms with Gasteiger partial charge >= 0.3 is 0 Å². The summed E-state index contributed by atoms with van der Waals surface area (Å²) in [5.41, 5.74) is 6.71. The number of likely N-dealkylation sites (N-methyl/N-ethyl adjacent to an activating group) is 1. The monoisotopic (exact) mass is 388 g/mol. The van der Waals surface area contributed by atoms with Crippen molar-refractivity contribution in [3.05, 3.63) is 71.4 Å². The second-order valence-corrected chi connectivity index (χ2v) is 8.06. The van der Waals surface area contributed by atoms with Crippen LogP contribution in [-0.2, 0) is 11.3 Å². The van der Waals surface area contributed by atoms with Gasteiger partial charge in [-0.15, -0.1) is 0 Å². The number of benzene rings is 2. The topological polar surface area (TPSA) is 41.4 Å². The molecule has 0 bridgehead atoms. The number of amides is 1. The number of nitrogens with zero attached hydrogens (tertiary/aromatic N) is 4. The minimum absolute atomic E-state index is 0.123. The Morgan fingerprint density at radius 1 is 1.03 bits per heavy atom. The van der Waals surface area contributed by atoms with Gasteiger partial charge in [0.2, 0.25) is 5.91 Å². The van der Waals surface area contributed by atoms with Crippen LogP contribution in [0.25, 0.3) is 16.9 Å². The Morgan fingerprint density at radius 2 is 1.79 bits per heavy atom. The number of hydrogen-bond acceptors (Lipinski definition) is 3. The van der Waals surface area contributed by atoms with Crippen molar-refractivity contribution in [1.29, 1.82) is 0 Å². The quantitative estimate of drug-likeness (QED) is 0.682. The van der Waals surface area contributed by atoms with Crippen LogP contribution >= 0.6 is 0 Å². The maximum absolute atomic E-state index is 12.4. The van der Waals surface area contributed by atoms with Crippen LogP contribution < -0.4 is 0 Å². The first kappa shape index (κ1) is 19.4. The third-order valence-electron chi connectivity index (χ3n) is 5.76. The fraction of sp³-hybridized carbons (Fsp3) is 0.333. The molecule has 5 nitrogen and oxygen atoms in total. The van der Waals surface area contributed by atoms with Gasteiger partial charge in [0.1, 0.15) is 0 Å². The Labute approximate surface area is 172 Å². The molecule has 0 radical (unpaired) electrons. The minimum atomic E-state index is -0.123. The summed E-state index contributed by atoms with van der Waals surface area (Å²) in [6.07, 6.45) is 2.11. The highest BCUT2D eigenvalue weighted by Gasteiger charge is 2.30. The first-order chi connectivity index (χ1) is 13.9. The lowest BCUT2D eigenvalue weighted by atomic mass is 10.0. The molecule has 150 valence electrons. The highest BCUT2D eigenvalue weighted by Crippen LogP contribution is 2.27. The Bertz CT molecular complexity index is 1020. The molecule has 1 saturated heterocycles. The van der Waals surface area contributed by atoms with Gasteiger partial charge in [0.25, 0.3) is 0 Å². The van der Waals surface area contributed by atoms with E-state index in [-0.39, 0.29) is 11.9 Å². The van der Waals surface area contributed by atoms with E-state index in [0.717, 1.165) is 35.6 Å². The van der Waals surface area contributed by atoms with E-state index in [0.29, 0.717) is 6.54 Å². The summed E-state index contributed by atoms with van der Waals surface area (Å²) in [6.45, 7) is 8.51. The molecule has 0 N–H and O–H groups in total. The molecule has 0 unspecified atom stereocenters. The van der Waals surface area contributed by atoms with Crippen LogP contribution in [0.1, 0.15) is 23.6 Å². The van der Waals surface area contributed by atoms with E-state index in [1.807, 2.05) is 23.6 Å². The Balaban J connectivity index is 1.73. The zero-order valence-electron chi connectivity index (χ0n) is 17.6. The number of carbonyl (C=O) groups is 1. The lowest BCUT2D eigenvalue weighted by Crippen LogP contribution is -2.53. The fourth-order valence-corrected chi connectivity index (χ4v) is 3.88. The van der Waals surface area contributed by atoms with Crippen LogP contribution in [0.4, 0.5) is 0 Å². The molecule has 4 rings (SSSR count). The van der Waals surface area contributed by atoms with Gasteiger partial charge in [-0.25, -0.2) is 4.68 Å². The summed E-state index contributed by atoms with van der Waals surface area (Å²) < 4.78 is 1.95. The third-order valence-corrected chi connectivity index (χ3v) is 5.76. The van der Waals surface area contributed by atoms with Gasteiger partial charge in [-0.1, -0.05) is 41.5 Å². The lowest BCUT2D eigenvalue weighted by molar-refractivity contribution is -0.139. The van der Waals surface area contributed by atoms with Gasteiger partial charge < -0.3 is 4.90 Å². The van der Waals surface area contributed by atoms with E-state index in [4.69, 9.17) is 5.10 Å². The summed E-state index contributed by atoms with van der Waals surface area (Å²) in [4.78, 5) is 16.5. The molecular weight excluding hydrogens is 360 g/mol. The van der Waals surface area contributed by atoms with Crippen LogP contribution in [0.3, 0.4) is 0 Å². The number of aryl methyl sites for hydroxylation is 2. The molecular formula is C24H28N4O. The maximum Gasteiger partial charge on any atom is 0.239 e. The van der Waals surface area contributed by atoms with Crippen molar-refractivity contribution in [2.75, 3.05) is 20.1 Å². The molecule has 1 fully saturated rings. The molecule has 1 aliphatic rings. The summed E-state index contributed by atoms with van der Waals surface area (Å²) >= 11 is 0. The molecule has 29 heavy (non-hydrogen) atoms. The van der Waals surface area contributed by atoms with E-state index in [2.05, 4.69) is 73.5 Å².